The van der Waals surface area contributed by atoms with Crippen molar-refractivity contribution >= 4 is 26.8 Å². The van der Waals surface area contributed by atoms with Crippen molar-refractivity contribution in [2.45, 2.75) is 26.2 Å². The molecule has 1 N–H and O–H groups in total. The van der Waals surface area contributed by atoms with Crippen LogP contribution in [0.3, 0.4) is 0 Å². The Morgan fingerprint density at radius 2 is 1.93 bits per heavy atom. The molecule has 1 heterocycles. The molecule has 0 saturated carbocycles. The average Bonchev–Trinajstić information content (AvgIpc) is 2.48. The number of fused-ring (bicyclic) bond motifs is 1. The maximum Gasteiger partial charge on any atom is 0.0600 e. The van der Waals surface area contributed by atoms with Crippen LogP contribution < -0.4 is 0 Å². The number of hydrogen-bond donors (Lipinski definition) is 1. The largest absolute Gasteiger partial charge is 0.357 e. The van der Waals surface area contributed by atoms with Crippen LogP contribution >= 0.6 is 15.9 Å². The number of benzene rings is 1. The van der Waals surface area contributed by atoms with Crippen molar-refractivity contribution in [3.8, 4) is 0 Å². The van der Waals surface area contributed by atoms with E-state index in [1.165, 1.54) is 16.6 Å². The molecule has 1 aromatic carbocycles. The lowest BCUT2D eigenvalue weighted by molar-refractivity contribution is 0.574. The summed E-state index contributed by atoms with van der Waals surface area (Å²) in [6.07, 6.45) is 0. The van der Waals surface area contributed by atoms with Gasteiger partial charge in [0.15, 0.2) is 0 Å². The molecule has 0 saturated heterocycles. The molecule has 0 radical (unpaired) electrons. The van der Waals surface area contributed by atoms with Crippen molar-refractivity contribution in [1.29, 1.82) is 0 Å². The topological polar surface area (TPSA) is 15.8 Å². The SMILES string of the molecule is CC(C)(C)c1cc2cccc(Br)c2[nH]1. The van der Waals surface area contributed by atoms with Gasteiger partial charge in [-0.05, 0) is 28.1 Å². The van der Waals surface area contributed by atoms with Crippen molar-refractivity contribution in [2.75, 3.05) is 0 Å². The fourth-order valence-electron chi connectivity index (χ4n) is 1.52. The minimum Gasteiger partial charge on any atom is -0.357 e. The van der Waals surface area contributed by atoms with Gasteiger partial charge in [0.1, 0.15) is 0 Å². The van der Waals surface area contributed by atoms with Gasteiger partial charge in [0, 0.05) is 21.0 Å². The Bertz CT molecular complexity index is 463. The van der Waals surface area contributed by atoms with E-state index in [-0.39, 0.29) is 5.41 Å². The van der Waals surface area contributed by atoms with Crippen LogP contribution in [0.2, 0.25) is 0 Å². The van der Waals surface area contributed by atoms with E-state index in [0.29, 0.717) is 0 Å². The maximum absolute atomic E-state index is 3.55. The molecule has 14 heavy (non-hydrogen) atoms. The van der Waals surface area contributed by atoms with E-state index in [2.05, 4.69) is 66.0 Å². The number of aromatic nitrogens is 1. The second kappa shape index (κ2) is 3.13. The number of halogens is 1. The summed E-state index contributed by atoms with van der Waals surface area (Å²) in [6, 6.07) is 8.48. The summed E-state index contributed by atoms with van der Waals surface area (Å²) in [4.78, 5) is 3.46. The molecule has 74 valence electrons. The van der Waals surface area contributed by atoms with Gasteiger partial charge >= 0.3 is 0 Å². The fraction of sp³-hybridized carbons (Fsp3) is 0.333. The lowest BCUT2D eigenvalue weighted by Crippen LogP contribution is -2.10. The Morgan fingerprint density at radius 1 is 1.21 bits per heavy atom. The lowest BCUT2D eigenvalue weighted by Gasteiger charge is -2.15. The van der Waals surface area contributed by atoms with Crippen molar-refractivity contribution < 1.29 is 0 Å². The van der Waals surface area contributed by atoms with Crippen LogP contribution in [0.4, 0.5) is 0 Å². The van der Waals surface area contributed by atoms with E-state index in [4.69, 9.17) is 0 Å². The molecule has 0 amide bonds. The smallest absolute Gasteiger partial charge is 0.0600 e. The number of nitrogens with one attached hydrogen (secondary N) is 1. The van der Waals surface area contributed by atoms with Crippen LogP contribution in [0.25, 0.3) is 10.9 Å². The van der Waals surface area contributed by atoms with Crippen LogP contribution in [-0.2, 0) is 5.41 Å². The first-order chi connectivity index (χ1) is 6.48. The second-order valence-corrected chi connectivity index (χ2v) is 5.49. The highest BCUT2D eigenvalue weighted by molar-refractivity contribution is 9.10. The van der Waals surface area contributed by atoms with E-state index < -0.39 is 0 Å². The third-order valence-electron chi connectivity index (χ3n) is 2.41. The number of aromatic amines is 1. The minimum absolute atomic E-state index is 0.179. The molecule has 2 aromatic rings. The molecule has 0 aliphatic rings. The molecular weight excluding hydrogens is 238 g/mol. The van der Waals surface area contributed by atoms with Crippen molar-refractivity contribution in [2.24, 2.45) is 0 Å². The average molecular weight is 252 g/mol. The Hall–Kier alpha value is -0.760. The van der Waals surface area contributed by atoms with Crippen LogP contribution in [-0.4, -0.2) is 4.98 Å². The van der Waals surface area contributed by atoms with Gasteiger partial charge in [0.2, 0.25) is 0 Å². The Balaban J connectivity index is 2.69. The molecule has 2 rings (SSSR count). The molecule has 1 aromatic heterocycles. The molecule has 1 nitrogen and oxygen atoms in total. The zero-order valence-electron chi connectivity index (χ0n) is 8.69. The van der Waals surface area contributed by atoms with Crippen molar-refractivity contribution in [3.05, 3.63) is 34.4 Å². The summed E-state index contributed by atoms with van der Waals surface area (Å²) in [6.45, 7) is 6.64. The first-order valence-corrected chi connectivity index (χ1v) is 5.55. The lowest BCUT2D eigenvalue weighted by atomic mass is 9.92. The van der Waals surface area contributed by atoms with Gasteiger partial charge in [-0.25, -0.2) is 0 Å². The quantitative estimate of drug-likeness (QED) is 0.722. The maximum atomic E-state index is 3.55. The van der Waals surface area contributed by atoms with Gasteiger partial charge in [-0.3, -0.25) is 0 Å². The van der Waals surface area contributed by atoms with E-state index in [1.54, 1.807) is 0 Å². The second-order valence-electron chi connectivity index (χ2n) is 4.64. The van der Waals surface area contributed by atoms with E-state index in [9.17, 15) is 0 Å². The van der Waals surface area contributed by atoms with E-state index in [0.717, 1.165) is 4.47 Å². The summed E-state index contributed by atoms with van der Waals surface area (Å²) in [7, 11) is 0. The number of rotatable bonds is 0. The molecule has 0 atom stereocenters. The first-order valence-electron chi connectivity index (χ1n) is 4.76. The highest BCUT2D eigenvalue weighted by atomic mass is 79.9. The first kappa shape index (κ1) is 9.78. The summed E-state index contributed by atoms with van der Waals surface area (Å²) < 4.78 is 1.13. The van der Waals surface area contributed by atoms with Gasteiger partial charge in [-0.1, -0.05) is 32.9 Å². The summed E-state index contributed by atoms with van der Waals surface area (Å²) in [5, 5.41) is 1.27. The number of H-pyrrole nitrogens is 1. The van der Waals surface area contributed by atoms with Gasteiger partial charge in [-0.15, -0.1) is 0 Å². The monoisotopic (exact) mass is 251 g/mol. The molecule has 2 heteroatoms. The molecular formula is C12H14BrN. The molecule has 0 spiro atoms. The highest BCUT2D eigenvalue weighted by Crippen LogP contribution is 2.29. The zero-order chi connectivity index (χ0) is 10.3. The third kappa shape index (κ3) is 1.59. The number of para-hydroxylation sites is 1. The normalized spacial score (nSPS) is 12.3. The fourth-order valence-corrected chi connectivity index (χ4v) is 2.00. The Morgan fingerprint density at radius 3 is 2.50 bits per heavy atom. The van der Waals surface area contributed by atoms with Gasteiger partial charge < -0.3 is 4.98 Å². The predicted octanol–water partition coefficient (Wildman–Crippen LogP) is 4.23. The molecule has 0 aliphatic carbocycles. The third-order valence-corrected chi connectivity index (χ3v) is 3.07. The summed E-state index contributed by atoms with van der Waals surface area (Å²) in [5.41, 5.74) is 2.65. The minimum atomic E-state index is 0.179. The van der Waals surface area contributed by atoms with Crippen molar-refractivity contribution in [1.82, 2.24) is 4.98 Å². The summed E-state index contributed by atoms with van der Waals surface area (Å²) >= 11 is 3.55. The molecule has 0 unspecified atom stereocenters. The van der Waals surface area contributed by atoms with Crippen LogP contribution in [0, 0.1) is 0 Å². The Kier molecular flexibility index (Phi) is 2.18. The van der Waals surface area contributed by atoms with Crippen LogP contribution in [0.15, 0.2) is 28.7 Å². The summed E-state index contributed by atoms with van der Waals surface area (Å²) in [5.74, 6) is 0. The molecule has 0 fully saturated rings. The standard InChI is InChI=1S/C12H14BrN/c1-12(2,3)10-7-8-5-4-6-9(13)11(8)14-10/h4-7,14H,1-3H3. The number of hydrogen-bond acceptors (Lipinski definition) is 0. The highest BCUT2D eigenvalue weighted by Gasteiger charge is 2.16. The van der Waals surface area contributed by atoms with Crippen molar-refractivity contribution in [3.63, 3.8) is 0 Å². The predicted molar refractivity (Wildman–Crippen MR) is 64.7 cm³/mol. The zero-order valence-corrected chi connectivity index (χ0v) is 10.3. The van der Waals surface area contributed by atoms with Crippen LogP contribution in [0.1, 0.15) is 26.5 Å². The molecule has 0 bridgehead atoms. The van der Waals surface area contributed by atoms with E-state index in [1.807, 2.05) is 0 Å². The van der Waals surface area contributed by atoms with Gasteiger partial charge in [-0.2, -0.15) is 0 Å². The Labute approximate surface area is 92.6 Å². The van der Waals surface area contributed by atoms with E-state index >= 15 is 0 Å². The van der Waals surface area contributed by atoms with Gasteiger partial charge in [0.05, 0.1) is 5.52 Å². The molecule has 0 aliphatic heterocycles. The van der Waals surface area contributed by atoms with Crippen LogP contribution in [0.5, 0.6) is 0 Å². The van der Waals surface area contributed by atoms with Gasteiger partial charge in [0.25, 0.3) is 0 Å².